The van der Waals surface area contributed by atoms with Crippen molar-refractivity contribution in [2.45, 2.75) is 38.5 Å². The minimum Gasteiger partial charge on any atom is -0.404 e. The third-order valence-corrected chi connectivity index (χ3v) is 4.61. The number of nitrogens with two attached hydrogens (primary N) is 1. The van der Waals surface area contributed by atoms with E-state index >= 15 is 0 Å². The fourth-order valence-corrected chi connectivity index (χ4v) is 3.56. The van der Waals surface area contributed by atoms with Gasteiger partial charge in [-0.3, -0.25) is 0 Å². The molecule has 1 fully saturated rings. The van der Waals surface area contributed by atoms with Crippen molar-refractivity contribution in [3.63, 3.8) is 0 Å². The van der Waals surface area contributed by atoms with Crippen LogP contribution in [0.5, 0.6) is 0 Å². The van der Waals surface area contributed by atoms with E-state index in [1.54, 1.807) is 6.20 Å². The van der Waals surface area contributed by atoms with Crippen molar-refractivity contribution in [3.05, 3.63) is 34.9 Å². The van der Waals surface area contributed by atoms with E-state index < -0.39 is 0 Å². The van der Waals surface area contributed by atoms with Gasteiger partial charge in [-0.15, -0.1) is 11.8 Å². The van der Waals surface area contributed by atoms with E-state index in [2.05, 4.69) is 18.2 Å². The number of hydrogen-bond donors (Lipinski definition) is 1. The van der Waals surface area contributed by atoms with Gasteiger partial charge < -0.3 is 5.73 Å². The molecule has 0 bridgehead atoms. The van der Waals surface area contributed by atoms with E-state index in [0.717, 1.165) is 12.3 Å². The van der Waals surface area contributed by atoms with Crippen molar-refractivity contribution < 1.29 is 0 Å². The zero-order valence-electron chi connectivity index (χ0n) is 9.82. The quantitative estimate of drug-likeness (QED) is 0.800. The summed E-state index contributed by atoms with van der Waals surface area (Å²) in [6.45, 7) is 0. The molecule has 2 aliphatic rings. The van der Waals surface area contributed by atoms with Crippen molar-refractivity contribution in [3.8, 4) is 0 Å². The Bertz CT molecular complexity index is 309. The summed E-state index contributed by atoms with van der Waals surface area (Å²) in [5, 5.41) is 0. The molecular formula is C14H21NS. The molecule has 0 aromatic heterocycles. The van der Waals surface area contributed by atoms with Crippen LogP contribution in [0.25, 0.3) is 0 Å². The highest BCUT2D eigenvalue weighted by Crippen LogP contribution is 2.31. The lowest BCUT2D eigenvalue weighted by Crippen LogP contribution is -2.08. The van der Waals surface area contributed by atoms with Gasteiger partial charge in [0.2, 0.25) is 0 Å². The highest BCUT2D eigenvalue weighted by atomic mass is 32.2. The second kappa shape index (κ2) is 6.19. The molecule has 0 aromatic rings. The van der Waals surface area contributed by atoms with Crippen LogP contribution < -0.4 is 5.73 Å². The standard InChI is InChI=1S/C14H21NS/c15-10-13-7-4-8-14(9-13)16-11-12-5-2-1-3-6-12/h4,8-10,12H,1-3,5-7,11,15H2. The normalized spacial score (nSPS) is 24.8. The Kier molecular flexibility index (Phi) is 4.58. The molecule has 0 spiro atoms. The summed E-state index contributed by atoms with van der Waals surface area (Å²) >= 11 is 2.00. The lowest BCUT2D eigenvalue weighted by molar-refractivity contribution is 0.391. The molecule has 1 saturated carbocycles. The minimum atomic E-state index is 0.945. The molecular weight excluding hydrogens is 214 g/mol. The Labute approximate surface area is 103 Å². The molecule has 0 atom stereocenters. The van der Waals surface area contributed by atoms with Crippen LogP contribution in [0, 0.1) is 5.92 Å². The largest absolute Gasteiger partial charge is 0.404 e. The number of hydrogen-bond acceptors (Lipinski definition) is 2. The van der Waals surface area contributed by atoms with Crippen molar-refractivity contribution in [2.24, 2.45) is 11.7 Å². The topological polar surface area (TPSA) is 26.0 Å². The average Bonchev–Trinajstić information content (AvgIpc) is 2.38. The van der Waals surface area contributed by atoms with Crippen molar-refractivity contribution in [1.82, 2.24) is 0 Å². The van der Waals surface area contributed by atoms with Gasteiger partial charge in [0.05, 0.1) is 0 Å². The molecule has 16 heavy (non-hydrogen) atoms. The predicted octanol–water partition coefficient (Wildman–Crippen LogP) is 3.99. The molecule has 0 unspecified atom stereocenters. The maximum atomic E-state index is 5.55. The van der Waals surface area contributed by atoms with Crippen LogP contribution in [0.15, 0.2) is 34.9 Å². The lowest BCUT2D eigenvalue weighted by Gasteiger charge is -2.21. The molecule has 0 amide bonds. The van der Waals surface area contributed by atoms with Gasteiger partial charge in [0.15, 0.2) is 0 Å². The van der Waals surface area contributed by atoms with Crippen LogP contribution in [0.2, 0.25) is 0 Å². The second-order valence-electron chi connectivity index (χ2n) is 4.71. The van der Waals surface area contributed by atoms with Crippen LogP contribution in [0.4, 0.5) is 0 Å². The first-order valence-corrected chi connectivity index (χ1v) is 7.29. The summed E-state index contributed by atoms with van der Waals surface area (Å²) in [7, 11) is 0. The van der Waals surface area contributed by atoms with Gasteiger partial charge in [-0.25, -0.2) is 0 Å². The van der Waals surface area contributed by atoms with Gasteiger partial charge in [0.25, 0.3) is 0 Å². The van der Waals surface area contributed by atoms with Gasteiger partial charge in [-0.2, -0.15) is 0 Å². The molecule has 0 aliphatic heterocycles. The van der Waals surface area contributed by atoms with Crippen molar-refractivity contribution in [2.75, 3.05) is 5.75 Å². The Morgan fingerprint density at radius 3 is 2.88 bits per heavy atom. The maximum absolute atomic E-state index is 5.55. The van der Waals surface area contributed by atoms with Crippen LogP contribution in [0.1, 0.15) is 38.5 Å². The van der Waals surface area contributed by atoms with E-state index in [0.29, 0.717) is 0 Å². The molecule has 2 aliphatic carbocycles. The molecule has 2 rings (SSSR count). The van der Waals surface area contributed by atoms with Gasteiger partial charge in [0, 0.05) is 10.7 Å². The second-order valence-corrected chi connectivity index (χ2v) is 5.80. The first kappa shape index (κ1) is 11.8. The minimum absolute atomic E-state index is 0.945. The Morgan fingerprint density at radius 2 is 2.12 bits per heavy atom. The molecule has 2 heteroatoms. The Morgan fingerprint density at radius 1 is 1.31 bits per heavy atom. The highest BCUT2D eigenvalue weighted by Gasteiger charge is 2.14. The smallest absolute Gasteiger partial charge is 0.00723 e. The zero-order valence-corrected chi connectivity index (χ0v) is 10.6. The molecule has 0 heterocycles. The fraction of sp³-hybridized carbons (Fsp3) is 0.571. The molecule has 88 valence electrons. The van der Waals surface area contributed by atoms with Crippen molar-refractivity contribution >= 4 is 11.8 Å². The summed E-state index contributed by atoms with van der Waals surface area (Å²) in [6, 6.07) is 0. The molecule has 1 nitrogen and oxygen atoms in total. The fourth-order valence-electron chi connectivity index (χ4n) is 2.37. The van der Waals surface area contributed by atoms with E-state index in [1.807, 2.05) is 11.8 Å². The maximum Gasteiger partial charge on any atom is 0.00723 e. The molecule has 0 aromatic carbocycles. The number of rotatable bonds is 3. The molecule has 0 radical (unpaired) electrons. The van der Waals surface area contributed by atoms with E-state index in [1.165, 1.54) is 48.3 Å². The van der Waals surface area contributed by atoms with Crippen LogP contribution >= 0.6 is 11.8 Å². The monoisotopic (exact) mass is 235 g/mol. The summed E-state index contributed by atoms with van der Waals surface area (Å²) in [5.74, 6) is 2.23. The van der Waals surface area contributed by atoms with Gasteiger partial charge in [-0.05, 0) is 43.0 Å². The summed E-state index contributed by atoms with van der Waals surface area (Å²) < 4.78 is 0. The highest BCUT2D eigenvalue weighted by molar-refractivity contribution is 8.03. The number of thioether (sulfide) groups is 1. The third-order valence-electron chi connectivity index (χ3n) is 3.39. The molecule has 0 saturated heterocycles. The van der Waals surface area contributed by atoms with Crippen LogP contribution in [-0.2, 0) is 0 Å². The van der Waals surface area contributed by atoms with E-state index in [4.69, 9.17) is 5.73 Å². The van der Waals surface area contributed by atoms with Crippen molar-refractivity contribution in [1.29, 1.82) is 0 Å². The van der Waals surface area contributed by atoms with E-state index in [9.17, 15) is 0 Å². The SMILES string of the molecule is NC=C1C=C(SCC2CCCCC2)C=CC1. The third kappa shape index (κ3) is 3.44. The lowest BCUT2D eigenvalue weighted by atomic mass is 9.91. The molecule has 2 N–H and O–H groups in total. The van der Waals surface area contributed by atoms with Crippen LogP contribution in [0.3, 0.4) is 0 Å². The first-order valence-electron chi connectivity index (χ1n) is 6.30. The summed E-state index contributed by atoms with van der Waals surface area (Å²) in [6.07, 6.45) is 16.6. The summed E-state index contributed by atoms with van der Waals surface area (Å²) in [5.41, 5.74) is 6.80. The Balaban J connectivity index is 1.80. The van der Waals surface area contributed by atoms with Gasteiger partial charge >= 0.3 is 0 Å². The Hall–Kier alpha value is -0.630. The number of allylic oxidation sites excluding steroid dienone is 4. The van der Waals surface area contributed by atoms with Crippen LogP contribution in [-0.4, -0.2) is 5.75 Å². The first-order chi connectivity index (χ1) is 7.88. The van der Waals surface area contributed by atoms with Gasteiger partial charge in [0.1, 0.15) is 0 Å². The van der Waals surface area contributed by atoms with Gasteiger partial charge in [-0.1, -0.05) is 31.4 Å². The predicted molar refractivity (Wildman–Crippen MR) is 73.1 cm³/mol. The average molecular weight is 235 g/mol. The van der Waals surface area contributed by atoms with E-state index in [-0.39, 0.29) is 0 Å². The zero-order chi connectivity index (χ0) is 11.2. The summed E-state index contributed by atoms with van der Waals surface area (Å²) in [4.78, 5) is 1.38.